The van der Waals surface area contributed by atoms with Gasteiger partial charge in [0.2, 0.25) is 0 Å². The van der Waals surface area contributed by atoms with Gasteiger partial charge < -0.3 is 11.1 Å². The van der Waals surface area contributed by atoms with Crippen LogP contribution in [0.3, 0.4) is 0 Å². The molecular formula is C14H28N2. The Morgan fingerprint density at radius 1 is 0.875 bits per heavy atom. The molecule has 0 bridgehead atoms. The molecule has 0 radical (unpaired) electrons. The summed E-state index contributed by atoms with van der Waals surface area (Å²) in [6.45, 7) is 1.24. The van der Waals surface area contributed by atoms with Crippen LogP contribution >= 0.6 is 0 Å². The lowest BCUT2D eigenvalue weighted by Gasteiger charge is -2.28. The second kappa shape index (κ2) is 6.61. The highest BCUT2D eigenvalue weighted by Gasteiger charge is 2.18. The van der Waals surface area contributed by atoms with E-state index in [0.29, 0.717) is 6.04 Å². The van der Waals surface area contributed by atoms with Crippen LogP contribution < -0.4 is 11.1 Å². The van der Waals surface area contributed by atoms with E-state index in [2.05, 4.69) is 5.32 Å². The SMILES string of the molecule is NC1CCC(NCCC2CCCCC2)CC1. The average molecular weight is 224 g/mol. The van der Waals surface area contributed by atoms with Crippen LogP contribution in [0.15, 0.2) is 0 Å². The zero-order valence-electron chi connectivity index (χ0n) is 10.6. The van der Waals surface area contributed by atoms with Gasteiger partial charge in [-0.05, 0) is 44.6 Å². The van der Waals surface area contributed by atoms with Crippen molar-refractivity contribution in [1.82, 2.24) is 5.32 Å². The molecule has 0 spiro atoms. The van der Waals surface area contributed by atoms with Crippen LogP contribution in [0.1, 0.15) is 64.2 Å². The Bertz CT molecular complexity index is 179. The lowest BCUT2D eigenvalue weighted by atomic mass is 9.86. The Kier molecular flexibility index (Phi) is 5.11. The van der Waals surface area contributed by atoms with Crippen molar-refractivity contribution in [1.29, 1.82) is 0 Å². The lowest BCUT2D eigenvalue weighted by Crippen LogP contribution is -2.38. The summed E-state index contributed by atoms with van der Waals surface area (Å²) >= 11 is 0. The van der Waals surface area contributed by atoms with E-state index in [1.54, 1.807) is 0 Å². The van der Waals surface area contributed by atoms with Crippen molar-refractivity contribution in [3.63, 3.8) is 0 Å². The van der Waals surface area contributed by atoms with Gasteiger partial charge in [-0.25, -0.2) is 0 Å². The molecule has 2 nitrogen and oxygen atoms in total. The largest absolute Gasteiger partial charge is 0.328 e. The summed E-state index contributed by atoms with van der Waals surface area (Å²) in [4.78, 5) is 0. The smallest absolute Gasteiger partial charge is 0.00682 e. The number of nitrogens with two attached hydrogens (primary N) is 1. The Balaban J connectivity index is 1.53. The van der Waals surface area contributed by atoms with E-state index in [1.165, 1.54) is 70.8 Å². The van der Waals surface area contributed by atoms with Gasteiger partial charge in [0.05, 0.1) is 0 Å². The summed E-state index contributed by atoms with van der Waals surface area (Å²) < 4.78 is 0. The third-order valence-electron chi connectivity index (χ3n) is 4.48. The highest BCUT2D eigenvalue weighted by molar-refractivity contribution is 4.79. The maximum atomic E-state index is 5.91. The molecule has 2 heteroatoms. The van der Waals surface area contributed by atoms with Crippen LogP contribution in [0.2, 0.25) is 0 Å². The first-order valence-corrected chi connectivity index (χ1v) is 7.33. The van der Waals surface area contributed by atoms with E-state index in [-0.39, 0.29) is 0 Å². The van der Waals surface area contributed by atoms with Crippen LogP contribution in [0.5, 0.6) is 0 Å². The summed E-state index contributed by atoms with van der Waals surface area (Å²) in [7, 11) is 0. The van der Waals surface area contributed by atoms with Gasteiger partial charge in [-0.15, -0.1) is 0 Å². The minimum absolute atomic E-state index is 0.483. The third kappa shape index (κ3) is 4.06. The molecule has 16 heavy (non-hydrogen) atoms. The van der Waals surface area contributed by atoms with Crippen LogP contribution in [-0.2, 0) is 0 Å². The fourth-order valence-corrected chi connectivity index (χ4v) is 3.29. The number of hydrogen-bond acceptors (Lipinski definition) is 2. The van der Waals surface area contributed by atoms with E-state index in [0.717, 1.165) is 12.0 Å². The topological polar surface area (TPSA) is 38.0 Å². The standard InChI is InChI=1S/C14H28N2/c15-13-6-8-14(9-7-13)16-11-10-12-4-2-1-3-5-12/h12-14,16H,1-11,15H2. The Hall–Kier alpha value is -0.0800. The van der Waals surface area contributed by atoms with Crippen molar-refractivity contribution in [3.8, 4) is 0 Å². The molecule has 0 aromatic rings. The van der Waals surface area contributed by atoms with Crippen molar-refractivity contribution in [2.75, 3.05) is 6.54 Å². The predicted octanol–water partition coefficient (Wildman–Crippen LogP) is 2.82. The second-order valence-electron chi connectivity index (χ2n) is 5.86. The maximum absolute atomic E-state index is 5.91. The molecule has 2 fully saturated rings. The van der Waals surface area contributed by atoms with Crippen molar-refractivity contribution in [3.05, 3.63) is 0 Å². The molecule has 2 saturated carbocycles. The Morgan fingerprint density at radius 2 is 1.56 bits per heavy atom. The fraction of sp³-hybridized carbons (Fsp3) is 1.00. The molecular weight excluding hydrogens is 196 g/mol. The van der Waals surface area contributed by atoms with Gasteiger partial charge in [-0.2, -0.15) is 0 Å². The average Bonchev–Trinajstić information content (AvgIpc) is 2.33. The highest BCUT2D eigenvalue weighted by Crippen LogP contribution is 2.26. The number of nitrogens with one attached hydrogen (secondary N) is 1. The normalized spacial score (nSPS) is 32.8. The number of hydrogen-bond donors (Lipinski definition) is 2. The van der Waals surface area contributed by atoms with Gasteiger partial charge in [0.15, 0.2) is 0 Å². The molecule has 0 amide bonds. The molecule has 3 N–H and O–H groups in total. The molecule has 0 atom stereocenters. The molecule has 2 aliphatic carbocycles. The molecule has 0 aliphatic heterocycles. The third-order valence-corrected chi connectivity index (χ3v) is 4.48. The van der Waals surface area contributed by atoms with Crippen LogP contribution in [0, 0.1) is 5.92 Å². The summed E-state index contributed by atoms with van der Waals surface area (Å²) in [5, 5.41) is 3.73. The molecule has 0 unspecified atom stereocenters. The first-order valence-electron chi connectivity index (χ1n) is 7.33. The molecule has 0 aromatic heterocycles. The molecule has 0 aromatic carbocycles. The number of rotatable bonds is 4. The van der Waals surface area contributed by atoms with Gasteiger partial charge in [0.25, 0.3) is 0 Å². The van der Waals surface area contributed by atoms with Gasteiger partial charge in [-0.3, -0.25) is 0 Å². The maximum Gasteiger partial charge on any atom is 0.00682 e. The highest BCUT2D eigenvalue weighted by atomic mass is 14.9. The minimum Gasteiger partial charge on any atom is -0.328 e. The zero-order valence-corrected chi connectivity index (χ0v) is 10.6. The van der Waals surface area contributed by atoms with Crippen molar-refractivity contribution < 1.29 is 0 Å². The van der Waals surface area contributed by atoms with E-state index < -0.39 is 0 Å². The predicted molar refractivity (Wildman–Crippen MR) is 69.4 cm³/mol. The lowest BCUT2D eigenvalue weighted by molar-refractivity contribution is 0.303. The summed E-state index contributed by atoms with van der Waals surface area (Å²) in [5.41, 5.74) is 5.91. The zero-order chi connectivity index (χ0) is 11.2. The quantitative estimate of drug-likeness (QED) is 0.770. The summed E-state index contributed by atoms with van der Waals surface area (Å²) in [6, 6.07) is 1.25. The Morgan fingerprint density at radius 3 is 2.25 bits per heavy atom. The van der Waals surface area contributed by atoms with Crippen LogP contribution in [0.25, 0.3) is 0 Å². The summed E-state index contributed by atoms with van der Waals surface area (Å²) in [6.07, 6.45) is 13.8. The second-order valence-corrected chi connectivity index (χ2v) is 5.86. The van der Waals surface area contributed by atoms with Gasteiger partial charge in [0, 0.05) is 12.1 Å². The molecule has 0 saturated heterocycles. The molecule has 2 rings (SSSR count). The molecule has 94 valence electrons. The van der Waals surface area contributed by atoms with Crippen molar-refractivity contribution >= 4 is 0 Å². The van der Waals surface area contributed by atoms with Crippen molar-refractivity contribution in [2.24, 2.45) is 11.7 Å². The van der Waals surface area contributed by atoms with Crippen molar-refractivity contribution in [2.45, 2.75) is 76.3 Å². The molecule has 0 heterocycles. The Labute approximate surface area is 100 Å². The van der Waals surface area contributed by atoms with Gasteiger partial charge >= 0.3 is 0 Å². The fourth-order valence-electron chi connectivity index (χ4n) is 3.29. The molecule has 2 aliphatic rings. The monoisotopic (exact) mass is 224 g/mol. The van der Waals surface area contributed by atoms with Gasteiger partial charge in [0.1, 0.15) is 0 Å². The van der Waals surface area contributed by atoms with Crippen LogP contribution in [-0.4, -0.2) is 18.6 Å². The van der Waals surface area contributed by atoms with Gasteiger partial charge in [-0.1, -0.05) is 32.1 Å². The van der Waals surface area contributed by atoms with E-state index in [9.17, 15) is 0 Å². The van der Waals surface area contributed by atoms with Crippen LogP contribution in [0.4, 0.5) is 0 Å². The summed E-state index contributed by atoms with van der Waals surface area (Å²) in [5.74, 6) is 1.02. The van der Waals surface area contributed by atoms with E-state index >= 15 is 0 Å². The first-order chi connectivity index (χ1) is 7.84. The van der Waals surface area contributed by atoms with E-state index in [1.807, 2.05) is 0 Å². The van der Waals surface area contributed by atoms with E-state index in [4.69, 9.17) is 5.73 Å². The first kappa shape index (κ1) is 12.4. The minimum atomic E-state index is 0.483.